The third kappa shape index (κ3) is 5.08. The fourth-order valence-corrected chi connectivity index (χ4v) is 4.67. The lowest BCUT2D eigenvalue weighted by Crippen LogP contribution is -2.34. The normalized spacial score (nSPS) is 14.2. The minimum Gasteiger partial charge on any atom is -0.362 e. The van der Waals surface area contributed by atoms with E-state index in [0.29, 0.717) is 44.2 Å². The van der Waals surface area contributed by atoms with E-state index in [1.54, 1.807) is 24.3 Å². The van der Waals surface area contributed by atoms with Crippen LogP contribution in [0.25, 0.3) is 0 Å². The van der Waals surface area contributed by atoms with Crippen LogP contribution in [0.15, 0.2) is 76.7 Å². The molecule has 0 bridgehead atoms. The first-order chi connectivity index (χ1) is 15.8. The molecule has 0 atom stereocenters. The van der Waals surface area contributed by atoms with Gasteiger partial charge in [0.05, 0.1) is 16.0 Å². The molecule has 33 heavy (non-hydrogen) atoms. The topological polar surface area (TPSA) is 96.0 Å². The average molecular weight is 500 g/mol. The Bertz CT molecular complexity index is 1170. The van der Waals surface area contributed by atoms with Crippen LogP contribution in [0.2, 0.25) is 10.0 Å². The summed E-state index contributed by atoms with van der Waals surface area (Å²) in [6.07, 6.45) is 2.91. The summed E-state index contributed by atoms with van der Waals surface area (Å²) in [4.78, 5) is 35.9. The van der Waals surface area contributed by atoms with Crippen LogP contribution in [-0.2, 0) is 9.59 Å². The van der Waals surface area contributed by atoms with Gasteiger partial charge >= 0.3 is 0 Å². The Balaban J connectivity index is 1.69. The Hall–Kier alpha value is -3.20. The Morgan fingerprint density at radius 1 is 0.879 bits per heavy atom. The summed E-state index contributed by atoms with van der Waals surface area (Å²) in [6.45, 7) is 3.62. The molecule has 0 saturated carbocycles. The summed E-state index contributed by atoms with van der Waals surface area (Å²) in [7, 11) is 0. The number of amides is 2. The smallest absolute Gasteiger partial charge is 0.255 e. The van der Waals surface area contributed by atoms with E-state index in [9.17, 15) is 9.59 Å². The predicted octanol–water partition coefficient (Wildman–Crippen LogP) is 5.36. The van der Waals surface area contributed by atoms with Crippen LogP contribution < -0.4 is 16.0 Å². The van der Waals surface area contributed by atoms with Crippen LogP contribution in [-0.4, -0.2) is 21.8 Å². The van der Waals surface area contributed by atoms with Crippen molar-refractivity contribution in [2.24, 2.45) is 0 Å². The molecule has 1 aliphatic rings. The third-order valence-electron chi connectivity index (χ3n) is 5.02. The molecule has 1 aliphatic heterocycles. The van der Waals surface area contributed by atoms with Gasteiger partial charge in [0.15, 0.2) is 0 Å². The summed E-state index contributed by atoms with van der Waals surface area (Å²) in [6, 6.07) is 10.3. The first kappa shape index (κ1) is 23.0. The zero-order valence-electron chi connectivity index (χ0n) is 17.6. The molecule has 3 N–H and O–H groups in total. The van der Waals surface area contributed by atoms with E-state index in [1.807, 2.05) is 31.4 Å². The largest absolute Gasteiger partial charge is 0.362 e. The maximum absolute atomic E-state index is 13.4. The van der Waals surface area contributed by atoms with Gasteiger partial charge in [0.2, 0.25) is 0 Å². The SMILES string of the molecule is CC1=C(C(=O)Nc2ccc(Cl)cn2)C(c2cccs2)C(C(=O)Nc2ccc(Cl)cn2)=C(C)N1. The minimum atomic E-state index is -0.578. The lowest BCUT2D eigenvalue weighted by molar-refractivity contribution is -0.113. The fraction of sp³-hybridized carbons (Fsp3) is 0.130. The number of hydrogen-bond donors (Lipinski definition) is 3. The van der Waals surface area contributed by atoms with Crippen molar-refractivity contribution in [2.75, 3.05) is 10.6 Å². The summed E-state index contributed by atoms with van der Waals surface area (Å²) in [5.41, 5.74) is 2.15. The predicted molar refractivity (Wildman–Crippen MR) is 131 cm³/mol. The molecule has 0 unspecified atom stereocenters. The molecule has 3 aromatic rings. The maximum Gasteiger partial charge on any atom is 0.255 e. The fourth-order valence-electron chi connectivity index (χ4n) is 3.60. The number of rotatable bonds is 5. The second kappa shape index (κ2) is 9.74. The number of carbonyl (C=O) groups is 2. The summed E-state index contributed by atoms with van der Waals surface area (Å²) in [5.74, 6) is -0.591. The number of dihydropyridines is 1. The van der Waals surface area contributed by atoms with E-state index in [1.165, 1.54) is 23.7 Å². The number of halogens is 2. The Kier molecular flexibility index (Phi) is 6.78. The molecule has 4 rings (SSSR count). The Morgan fingerprint density at radius 2 is 1.39 bits per heavy atom. The van der Waals surface area contributed by atoms with Crippen molar-refractivity contribution in [3.8, 4) is 0 Å². The number of pyridine rings is 2. The van der Waals surface area contributed by atoms with Crippen molar-refractivity contribution in [3.05, 3.63) is 91.6 Å². The lowest BCUT2D eigenvalue weighted by atomic mass is 9.83. The van der Waals surface area contributed by atoms with Gasteiger partial charge in [-0.05, 0) is 49.6 Å². The molecule has 2 amide bonds. The molecular weight excluding hydrogens is 481 g/mol. The van der Waals surface area contributed by atoms with Crippen LogP contribution in [0.4, 0.5) is 11.6 Å². The number of allylic oxidation sites excluding steroid dienone is 2. The molecule has 0 aromatic carbocycles. The number of carbonyl (C=O) groups excluding carboxylic acids is 2. The van der Waals surface area contributed by atoms with E-state index in [4.69, 9.17) is 23.2 Å². The summed E-state index contributed by atoms with van der Waals surface area (Å²) < 4.78 is 0. The molecule has 0 fully saturated rings. The molecule has 0 spiro atoms. The van der Waals surface area contributed by atoms with Gasteiger partial charge in [-0.3, -0.25) is 9.59 Å². The molecule has 0 aliphatic carbocycles. The molecular formula is C23H19Cl2N5O2S. The van der Waals surface area contributed by atoms with Gasteiger partial charge in [0, 0.05) is 39.8 Å². The molecule has 168 valence electrons. The van der Waals surface area contributed by atoms with Gasteiger partial charge in [0.1, 0.15) is 11.6 Å². The van der Waals surface area contributed by atoms with Crippen molar-refractivity contribution < 1.29 is 9.59 Å². The highest BCUT2D eigenvalue weighted by atomic mass is 35.5. The molecule has 4 heterocycles. The quantitative estimate of drug-likeness (QED) is 0.439. The highest BCUT2D eigenvalue weighted by Gasteiger charge is 2.37. The zero-order valence-corrected chi connectivity index (χ0v) is 20.0. The second-order valence-electron chi connectivity index (χ2n) is 7.28. The highest BCUT2D eigenvalue weighted by molar-refractivity contribution is 7.10. The Morgan fingerprint density at radius 3 is 1.79 bits per heavy atom. The van der Waals surface area contributed by atoms with Gasteiger partial charge in [-0.2, -0.15) is 0 Å². The van der Waals surface area contributed by atoms with Crippen molar-refractivity contribution in [1.82, 2.24) is 15.3 Å². The van der Waals surface area contributed by atoms with E-state index in [-0.39, 0.29) is 11.8 Å². The zero-order chi connectivity index (χ0) is 23.5. The van der Waals surface area contributed by atoms with Crippen LogP contribution >= 0.6 is 34.5 Å². The van der Waals surface area contributed by atoms with Crippen LogP contribution in [0.1, 0.15) is 24.6 Å². The number of nitrogens with one attached hydrogen (secondary N) is 3. The number of aromatic nitrogens is 2. The van der Waals surface area contributed by atoms with Crippen LogP contribution in [0.5, 0.6) is 0 Å². The van der Waals surface area contributed by atoms with E-state index in [2.05, 4.69) is 25.9 Å². The lowest BCUT2D eigenvalue weighted by Gasteiger charge is -2.30. The average Bonchev–Trinajstić information content (AvgIpc) is 3.31. The molecule has 10 heteroatoms. The molecule has 3 aromatic heterocycles. The summed E-state index contributed by atoms with van der Waals surface area (Å²) in [5, 5.41) is 11.6. The second-order valence-corrected chi connectivity index (χ2v) is 9.13. The molecule has 7 nitrogen and oxygen atoms in total. The minimum absolute atomic E-state index is 0.359. The number of hydrogen-bond acceptors (Lipinski definition) is 6. The van der Waals surface area contributed by atoms with E-state index < -0.39 is 5.92 Å². The van der Waals surface area contributed by atoms with Gasteiger partial charge in [-0.25, -0.2) is 9.97 Å². The standard InChI is InChI=1S/C23H19Cl2N5O2S/c1-12-19(22(31)29-17-7-5-14(24)10-26-17)21(16-4-3-9-33-16)20(13(2)28-12)23(32)30-18-8-6-15(25)11-27-18/h3-11,21,28H,1-2H3,(H,26,29,31)(H,27,30,32). The molecule has 0 saturated heterocycles. The molecule has 0 radical (unpaired) electrons. The van der Waals surface area contributed by atoms with E-state index in [0.717, 1.165) is 4.88 Å². The van der Waals surface area contributed by atoms with Crippen molar-refractivity contribution in [3.63, 3.8) is 0 Å². The highest BCUT2D eigenvalue weighted by Crippen LogP contribution is 2.40. The third-order valence-corrected chi connectivity index (χ3v) is 6.40. The van der Waals surface area contributed by atoms with Gasteiger partial charge in [0.25, 0.3) is 11.8 Å². The van der Waals surface area contributed by atoms with Crippen molar-refractivity contribution >= 4 is 58.0 Å². The Labute approximate surface area is 204 Å². The number of thiophene rings is 1. The monoisotopic (exact) mass is 499 g/mol. The maximum atomic E-state index is 13.4. The van der Waals surface area contributed by atoms with Gasteiger partial charge < -0.3 is 16.0 Å². The van der Waals surface area contributed by atoms with E-state index >= 15 is 0 Å². The first-order valence-corrected chi connectivity index (χ1v) is 11.5. The first-order valence-electron chi connectivity index (χ1n) is 9.91. The van der Waals surface area contributed by atoms with Crippen molar-refractivity contribution in [2.45, 2.75) is 19.8 Å². The number of nitrogens with zero attached hydrogens (tertiary/aromatic N) is 2. The van der Waals surface area contributed by atoms with Crippen LogP contribution in [0.3, 0.4) is 0 Å². The van der Waals surface area contributed by atoms with Crippen molar-refractivity contribution in [1.29, 1.82) is 0 Å². The van der Waals surface area contributed by atoms with Gasteiger partial charge in [-0.1, -0.05) is 29.3 Å². The van der Waals surface area contributed by atoms with Gasteiger partial charge in [-0.15, -0.1) is 11.3 Å². The van der Waals surface area contributed by atoms with Crippen LogP contribution in [0, 0.1) is 0 Å². The number of anilines is 2. The summed E-state index contributed by atoms with van der Waals surface area (Å²) >= 11 is 13.3.